The van der Waals surface area contributed by atoms with Gasteiger partial charge >= 0.3 is 0 Å². The van der Waals surface area contributed by atoms with Gasteiger partial charge in [0, 0.05) is 0 Å². The highest BCUT2D eigenvalue weighted by atomic mass is 79.9. The summed E-state index contributed by atoms with van der Waals surface area (Å²) in [5.74, 6) is 0.902. The molecule has 0 radical (unpaired) electrons. The number of nitrogens with one attached hydrogen (secondary N) is 1. The SMILES string of the molecule is Cc1ccc(C)c(OCC(=O)N/N=C/c2ccc(Br)o2)c1. The van der Waals surface area contributed by atoms with Crippen LogP contribution in [0.2, 0.25) is 0 Å². The molecule has 6 heteroatoms. The van der Waals surface area contributed by atoms with Crippen LogP contribution in [-0.2, 0) is 4.79 Å². The minimum Gasteiger partial charge on any atom is -0.483 e. The number of ether oxygens (including phenoxy) is 1. The van der Waals surface area contributed by atoms with Gasteiger partial charge in [0.05, 0.1) is 6.21 Å². The van der Waals surface area contributed by atoms with Crippen LogP contribution in [0.4, 0.5) is 0 Å². The van der Waals surface area contributed by atoms with Crippen molar-refractivity contribution < 1.29 is 13.9 Å². The molecule has 1 N–H and O–H groups in total. The zero-order valence-electron chi connectivity index (χ0n) is 11.7. The van der Waals surface area contributed by atoms with Gasteiger partial charge in [-0.15, -0.1) is 0 Å². The fraction of sp³-hybridized carbons (Fsp3) is 0.200. The van der Waals surface area contributed by atoms with E-state index in [1.54, 1.807) is 12.1 Å². The molecule has 110 valence electrons. The largest absolute Gasteiger partial charge is 0.483 e. The van der Waals surface area contributed by atoms with Gasteiger partial charge < -0.3 is 9.15 Å². The third-order valence-corrected chi connectivity index (χ3v) is 3.10. The van der Waals surface area contributed by atoms with Crippen molar-refractivity contribution in [3.05, 3.63) is 51.9 Å². The van der Waals surface area contributed by atoms with E-state index in [4.69, 9.17) is 9.15 Å². The molecule has 2 aromatic rings. The van der Waals surface area contributed by atoms with Crippen molar-refractivity contribution in [3.8, 4) is 5.75 Å². The number of hydrazone groups is 1. The van der Waals surface area contributed by atoms with Gasteiger partial charge in [-0.2, -0.15) is 5.10 Å². The molecule has 0 aliphatic rings. The second-order valence-corrected chi connectivity index (χ2v) is 5.27. The standard InChI is InChI=1S/C15H15BrN2O3/c1-10-3-4-11(2)13(7-10)20-9-15(19)18-17-8-12-5-6-14(16)21-12/h3-8H,9H2,1-2H3,(H,18,19)/b17-8+. The van der Waals surface area contributed by atoms with E-state index in [2.05, 4.69) is 26.5 Å². The van der Waals surface area contributed by atoms with E-state index in [1.807, 2.05) is 32.0 Å². The van der Waals surface area contributed by atoms with Gasteiger partial charge in [-0.1, -0.05) is 12.1 Å². The van der Waals surface area contributed by atoms with Crippen LogP contribution in [0, 0.1) is 13.8 Å². The van der Waals surface area contributed by atoms with E-state index in [0.29, 0.717) is 16.2 Å². The van der Waals surface area contributed by atoms with Gasteiger partial charge in [0.1, 0.15) is 11.5 Å². The van der Waals surface area contributed by atoms with Crippen LogP contribution in [0.25, 0.3) is 0 Å². The van der Waals surface area contributed by atoms with Gasteiger partial charge in [-0.05, 0) is 59.1 Å². The maximum atomic E-state index is 11.6. The van der Waals surface area contributed by atoms with Crippen LogP contribution in [0.5, 0.6) is 5.75 Å². The van der Waals surface area contributed by atoms with E-state index < -0.39 is 0 Å². The topological polar surface area (TPSA) is 63.8 Å². The first-order valence-corrected chi connectivity index (χ1v) is 7.11. The number of furan rings is 1. The van der Waals surface area contributed by atoms with Crippen molar-refractivity contribution in [2.75, 3.05) is 6.61 Å². The highest BCUT2D eigenvalue weighted by Gasteiger charge is 2.04. The molecule has 0 aliphatic heterocycles. The number of aryl methyl sites for hydroxylation is 2. The van der Waals surface area contributed by atoms with Gasteiger partial charge in [0.15, 0.2) is 11.3 Å². The molecule has 1 aromatic carbocycles. The Morgan fingerprint density at radius 3 is 2.90 bits per heavy atom. The Balaban J connectivity index is 1.82. The van der Waals surface area contributed by atoms with Crippen molar-refractivity contribution in [3.63, 3.8) is 0 Å². The smallest absolute Gasteiger partial charge is 0.277 e. The Kier molecular flexibility index (Phi) is 5.16. The molecule has 0 unspecified atom stereocenters. The number of carbonyl (C=O) groups excluding carboxylic acids is 1. The van der Waals surface area contributed by atoms with Crippen LogP contribution in [0.1, 0.15) is 16.9 Å². The number of hydrogen-bond donors (Lipinski definition) is 1. The number of rotatable bonds is 5. The predicted octanol–water partition coefficient (Wildman–Crippen LogP) is 3.19. The average Bonchev–Trinajstić information content (AvgIpc) is 2.85. The molecule has 0 atom stereocenters. The van der Waals surface area contributed by atoms with Gasteiger partial charge in [0.2, 0.25) is 0 Å². The van der Waals surface area contributed by atoms with Gasteiger partial charge in [-0.25, -0.2) is 5.43 Å². The summed E-state index contributed by atoms with van der Waals surface area (Å²) in [7, 11) is 0. The number of benzene rings is 1. The molecule has 0 bridgehead atoms. The maximum absolute atomic E-state index is 11.6. The summed E-state index contributed by atoms with van der Waals surface area (Å²) < 4.78 is 11.3. The number of hydrogen-bond acceptors (Lipinski definition) is 4. The van der Waals surface area contributed by atoms with Crippen molar-refractivity contribution in [1.29, 1.82) is 0 Å². The van der Waals surface area contributed by atoms with Crippen LogP contribution in [0.3, 0.4) is 0 Å². The summed E-state index contributed by atoms with van der Waals surface area (Å²) in [6.07, 6.45) is 1.42. The summed E-state index contributed by atoms with van der Waals surface area (Å²) in [5, 5.41) is 3.79. The molecular formula is C15H15BrN2O3. The molecular weight excluding hydrogens is 336 g/mol. The average molecular weight is 351 g/mol. The van der Waals surface area contributed by atoms with Crippen LogP contribution < -0.4 is 10.2 Å². The Labute approximate surface area is 131 Å². The van der Waals surface area contributed by atoms with Crippen molar-refractivity contribution >= 4 is 28.1 Å². The zero-order chi connectivity index (χ0) is 15.2. The second-order valence-electron chi connectivity index (χ2n) is 4.49. The lowest BCUT2D eigenvalue weighted by Crippen LogP contribution is -2.24. The molecule has 5 nitrogen and oxygen atoms in total. The minimum absolute atomic E-state index is 0.0938. The Morgan fingerprint density at radius 2 is 2.19 bits per heavy atom. The molecule has 1 amide bonds. The summed E-state index contributed by atoms with van der Waals surface area (Å²) in [5.41, 5.74) is 4.44. The Hall–Kier alpha value is -2.08. The molecule has 0 spiro atoms. The minimum atomic E-state index is -0.335. The Morgan fingerprint density at radius 1 is 1.38 bits per heavy atom. The first-order valence-electron chi connectivity index (χ1n) is 6.32. The maximum Gasteiger partial charge on any atom is 0.277 e. The third-order valence-electron chi connectivity index (χ3n) is 2.68. The van der Waals surface area contributed by atoms with E-state index >= 15 is 0 Å². The fourth-order valence-corrected chi connectivity index (χ4v) is 1.92. The van der Waals surface area contributed by atoms with Crippen LogP contribution in [0.15, 0.2) is 44.5 Å². The predicted molar refractivity (Wildman–Crippen MR) is 83.6 cm³/mol. The van der Waals surface area contributed by atoms with Crippen molar-refractivity contribution in [2.24, 2.45) is 5.10 Å². The molecule has 1 heterocycles. The number of halogens is 1. The van der Waals surface area contributed by atoms with Crippen molar-refractivity contribution in [2.45, 2.75) is 13.8 Å². The normalized spacial score (nSPS) is 10.8. The van der Waals surface area contributed by atoms with E-state index in [-0.39, 0.29) is 12.5 Å². The monoisotopic (exact) mass is 350 g/mol. The van der Waals surface area contributed by atoms with Gasteiger partial charge in [0.25, 0.3) is 5.91 Å². The van der Waals surface area contributed by atoms with Crippen LogP contribution >= 0.6 is 15.9 Å². The summed E-state index contributed by atoms with van der Waals surface area (Å²) in [4.78, 5) is 11.6. The summed E-state index contributed by atoms with van der Waals surface area (Å²) in [6, 6.07) is 9.31. The zero-order valence-corrected chi connectivity index (χ0v) is 13.3. The lowest BCUT2D eigenvalue weighted by Gasteiger charge is -2.08. The molecule has 0 aliphatic carbocycles. The molecule has 1 aromatic heterocycles. The Bertz CT molecular complexity index is 665. The van der Waals surface area contributed by atoms with Gasteiger partial charge in [-0.3, -0.25) is 4.79 Å². The van der Waals surface area contributed by atoms with Crippen LogP contribution in [-0.4, -0.2) is 18.7 Å². The first kappa shape index (κ1) is 15.3. The summed E-state index contributed by atoms with van der Waals surface area (Å²) in [6.45, 7) is 3.81. The molecule has 0 saturated carbocycles. The molecule has 2 rings (SSSR count). The third kappa shape index (κ3) is 4.75. The second kappa shape index (κ2) is 7.08. The highest BCUT2D eigenvalue weighted by Crippen LogP contribution is 2.18. The molecule has 0 saturated heterocycles. The first-order chi connectivity index (χ1) is 10.0. The van der Waals surface area contributed by atoms with E-state index in [9.17, 15) is 4.79 Å². The number of nitrogens with zero attached hydrogens (tertiary/aromatic N) is 1. The van der Waals surface area contributed by atoms with Crippen molar-refractivity contribution in [1.82, 2.24) is 5.43 Å². The van der Waals surface area contributed by atoms with E-state index in [0.717, 1.165) is 11.1 Å². The highest BCUT2D eigenvalue weighted by molar-refractivity contribution is 9.10. The lowest BCUT2D eigenvalue weighted by atomic mass is 10.1. The quantitative estimate of drug-likeness (QED) is 0.665. The van der Waals surface area contributed by atoms with E-state index in [1.165, 1.54) is 6.21 Å². The molecule has 21 heavy (non-hydrogen) atoms. The fourth-order valence-electron chi connectivity index (χ4n) is 1.60. The number of amides is 1. The molecule has 0 fully saturated rings. The number of carbonyl (C=O) groups is 1. The lowest BCUT2D eigenvalue weighted by molar-refractivity contribution is -0.123. The summed E-state index contributed by atoms with van der Waals surface area (Å²) >= 11 is 3.18.